The molecule has 0 radical (unpaired) electrons. The van der Waals surface area contributed by atoms with Crippen LogP contribution in [0.3, 0.4) is 0 Å². The maximum atomic E-state index is 15.3. The van der Waals surface area contributed by atoms with Crippen molar-refractivity contribution in [3.8, 4) is 5.69 Å². The van der Waals surface area contributed by atoms with E-state index in [1.165, 1.54) is 35.5 Å². The van der Waals surface area contributed by atoms with E-state index in [0.29, 0.717) is 17.0 Å². The molecule has 4 aromatic rings. The van der Waals surface area contributed by atoms with Gasteiger partial charge in [0.2, 0.25) is 11.8 Å². The van der Waals surface area contributed by atoms with Crippen LogP contribution in [0, 0.1) is 23.0 Å². The van der Waals surface area contributed by atoms with Crippen molar-refractivity contribution in [1.82, 2.24) is 19.8 Å². The highest BCUT2D eigenvalue weighted by molar-refractivity contribution is 9.10. The highest BCUT2D eigenvalue weighted by atomic mass is 79.9. The Morgan fingerprint density at radius 3 is 2.28 bits per heavy atom. The molecular formula is C45H49BrF2N6O3. The maximum Gasteiger partial charge on any atom is 0.281 e. The summed E-state index contributed by atoms with van der Waals surface area (Å²) in [5.41, 5.74) is 4.73. The molecule has 5 fully saturated rings. The Kier molecular flexibility index (Phi) is 9.31. The largest absolute Gasteiger partial charge is 0.371 e. The molecule has 1 saturated carbocycles. The van der Waals surface area contributed by atoms with E-state index in [1.54, 1.807) is 0 Å². The van der Waals surface area contributed by atoms with Crippen LogP contribution in [0.2, 0.25) is 0 Å². The van der Waals surface area contributed by atoms with Crippen LogP contribution in [0.25, 0.3) is 16.6 Å². The van der Waals surface area contributed by atoms with Crippen LogP contribution in [-0.2, 0) is 15.0 Å². The molecule has 6 heterocycles. The van der Waals surface area contributed by atoms with E-state index < -0.39 is 29.4 Å². The first-order valence-electron chi connectivity index (χ1n) is 21.0. The van der Waals surface area contributed by atoms with E-state index in [-0.39, 0.29) is 34.8 Å². The maximum absolute atomic E-state index is 15.3. The summed E-state index contributed by atoms with van der Waals surface area (Å²) < 4.78 is 33.8. The van der Waals surface area contributed by atoms with Crippen LogP contribution in [0.4, 0.5) is 20.2 Å². The van der Waals surface area contributed by atoms with Crippen molar-refractivity contribution in [1.29, 1.82) is 0 Å². The molecule has 0 bridgehead atoms. The second-order valence-electron chi connectivity index (χ2n) is 17.8. The lowest BCUT2D eigenvalue weighted by Gasteiger charge is -2.42. The Balaban J connectivity index is 0.777. The van der Waals surface area contributed by atoms with Crippen molar-refractivity contribution in [3.63, 3.8) is 0 Å². The van der Waals surface area contributed by atoms with Crippen molar-refractivity contribution in [2.75, 3.05) is 55.6 Å². The highest BCUT2D eigenvalue weighted by Gasteiger charge is 2.47. The van der Waals surface area contributed by atoms with Gasteiger partial charge in [-0.3, -0.25) is 24.3 Å². The van der Waals surface area contributed by atoms with E-state index in [0.717, 1.165) is 119 Å². The Bertz CT molecular complexity index is 2320. The molecule has 4 saturated heterocycles. The number of hydrogen-bond donors (Lipinski definition) is 1. The van der Waals surface area contributed by atoms with Gasteiger partial charge in [-0.2, -0.15) is 4.98 Å². The summed E-state index contributed by atoms with van der Waals surface area (Å²) in [4.78, 5) is 49.5. The second kappa shape index (κ2) is 14.3. The average Bonchev–Trinajstić information content (AvgIpc) is 3.73. The van der Waals surface area contributed by atoms with Crippen LogP contribution in [0.15, 0.2) is 57.8 Å². The first kappa shape index (κ1) is 37.1. The summed E-state index contributed by atoms with van der Waals surface area (Å²) >= 11 is 3.64. The summed E-state index contributed by atoms with van der Waals surface area (Å²) in [7, 11) is 0. The van der Waals surface area contributed by atoms with E-state index in [2.05, 4.69) is 64.8 Å². The second-order valence-corrected chi connectivity index (χ2v) is 18.6. The third-order valence-corrected chi connectivity index (χ3v) is 15.3. The fraction of sp³-hybridized carbons (Fsp3) is 0.511. The van der Waals surface area contributed by atoms with Crippen molar-refractivity contribution in [2.24, 2.45) is 11.3 Å². The van der Waals surface area contributed by atoms with Gasteiger partial charge in [0.1, 0.15) is 17.5 Å². The number of nitrogens with one attached hydrogen (secondary N) is 1. The number of nitrogens with zero attached hydrogens (tertiary/aromatic N) is 5. The zero-order valence-corrected chi connectivity index (χ0v) is 33.9. The van der Waals surface area contributed by atoms with Gasteiger partial charge in [-0.1, -0.05) is 31.4 Å². The van der Waals surface area contributed by atoms with Crippen molar-refractivity contribution in [2.45, 2.75) is 88.4 Å². The van der Waals surface area contributed by atoms with Crippen molar-refractivity contribution >= 4 is 50.0 Å². The average molecular weight is 840 g/mol. The van der Waals surface area contributed by atoms with Gasteiger partial charge in [0.05, 0.1) is 27.9 Å². The van der Waals surface area contributed by atoms with E-state index in [4.69, 9.17) is 4.98 Å². The van der Waals surface area contributed by atoms with E-state index in [9.17, 15) is 14.4 Å². The monoisotopic (exact) mass is 838 g/mol. The molecule has 57 heavy (non-hydrogen) atoms. The molecule has 12 heteroatoms. The van der Waals surface area contributed by atoms with Crippen LogP contribution in [0.5, 0.6) is 0 Å². The molecule has 9 nitrogen and oxygen atoms in total. The third-order valence-electron chi connectivity index (χ3n) is 14.6. The molecule has 1 unspecified atom stereocenters. The first-order chi connectivity index (χ1) is 27.6. The smallest absolute Gasteiger partial charge is 0.281 e. The molecular weight excluding hydrogens is 790 g/mol. The number of imide groups is 1. The molecule has 1 aromatic heterocycles. The fourth-order valence-electron chi connectivity index (χ4n) is 11.4. The van der Waals surface area contributed by atoms with Gasteiger partial charge >= 0.3 is 0 Å². The number of carbonyl (C=O) groups is 2. The van der Waals surface area contributed by atoms with Crippen LogP contribution in [-0.4, -0.2) is 72.1 Å². The molecule has 2 spiro atoms. The standard InChI is InChI=1S/C45H49BrF2N6O3/c46-33-5-4-6-36-40(33)42(57)50-43-45(13-2-1-3-14-45)32-9-7-29(25-37(32)54(36)43)52-18-11-28(12-19-52)26-51-20-15-44(16-21-51)17-22-53(27-44)30-23-34(47)39(35(48)24-30)31-8-10-38(55)49-41(31)56/h4-7,9,23-25,28,31H,1-3,8,10-22,26-27H2,(H,49,55,56). The fourth-order valence-corrected chi connectivity index (χ4v) is 12.0. The molecule has 5 aliphatic heterocycles. The molecule has 3 aromatic carbocycles. The molecule has 2 amide bonds. The van der Waals surface area contributed by atoms with Crippen LogP contribution >= 0.6 is 15.9 Å². The minimum Gasteiger partial charge on any atom is -0.371 e. The Morgan fingerprint density at radius 2 is 1.54 bits per heavy atom. The Hall–Kier alpha value is -4.16. The molecule has 1 atom stereocenters. The molecule has 298 valence electrons. The number of likely N-dealkylation sites (tertiary alicyclic amines) is 1. The van der Waals surface area contributed by atoms with E-state index >= 15 is 8.78 Å². The summed E-state index contributed by atoms with van der Waals surface area (Å²) in [6.45, 7) is 6.74. The molecule has 1 aliphatic carbocycles. The predicted molar refractivity (Wildman–Crippen MR) is 220 cm³/mol. The number of anilines is 2. The van der Waals surface area contributed by atoms with Gasteiger partial charge < -0.3 is 14.7 Å². The number of benzene rings is 3. The summed E-state index contributed by atoms with van der Waals surface area (Å²) in [6.07, 6.45) is 11.2. The number of fused-ring (bicyclic) bond motifs is 7. The third kappa shape index (κ3) is 6.31. The first-order valence-corrected chi connectivity index (χ1v) is 21.8. The highest BCUT2D eigenvalue weighted by Crippen LogP contribution is 2.52. The lowest BCUT2D eigenvalue weighted by Crippen LogP contribution is -2.45. The van der Waals surface area contributed by atoms with Gasteiger partial charge in [0, 0.05) is 60.6 Å². The van der Waals surface area contributed by atoms with Gasteiger partial charge in [-0.15, -0.1) is 0 Å². The van der Waals surface area contributed by atoms with Crippen molar-refractivity contribution < 1.29 is 18.4 Å². The van der Waals surface area contributed by atoms with Gasteiger partial charge in [-0.25, -0.2) is 8.78 Å². The molecule has 6 aliphatic rings. The summed E-state index contributed by atoms with van der Waals surface area (Å²) in [5, 5.41) is 2.86. The Morgan fingerprint density at radius 1 is 0.807 bits per heavy atom. The Labute approximate surface area is 339 Å². The predicted octanol–water partition coefficient (Wildman–Crippen LogP) is 7.72. The van der Waals surface area contributed by atoms with Gasteiger partial charge in [0.15, 0.2) is 0 Å². The minimum absolute atomic E-state index is 0.0773. The number of rotatable bonds is 5. The van der Waals surface area contributed by atoms with Crippen LogP contribution in [0.1, 0.15) is 99.9 Å². The number of halogens is 3. The van der Waals surface area contributed by atoms with Gasteiger partial charge in [0.25, 0.3) is 5.56 Å². The number of carbonyl (C=O) groups excluding carboxylic acids is 2. The SMILES string of the molecule is O=C1CCC(c2c(F)cc(N3CCC4(CCN(CC5CCN(c6ccc7c(c6)-n6c(nc(=O)c8c(Br)cccc86)C76CCCCC6)CC5)CC4)C3)cc2F)C(=O)N1. The van der Waals surface area contributed by atoms with Crippen molar-refractivity contribution in [3.05, 3.63) is 91.9 Å². The number of piperidine rings is 3. The lowest BCUT2D eigenvalue weighted by molar-refractivity contribution is -0.134. The lowest BCUT2D eigenvalue weighted by atomic mass is 9.70. The number of amides is 2. The van der Waals surface area contributed by atoms with E-state index in [1.807, 2.05) is 12.1 Å². The summed E-state index contributed by atoms with van der Waals surface area (Å²) in [6, 6.07) is 15.8. The zero-order chi connectivity index (χ0) is 39.1. The summed E-state index contributed by atoms with van der Waals surface area (Å²) in [5.74, 6) is -1.89. The number of hydrogen-bond acceptors (Lipinski definition) is 7. The number of aromatic nitrogens is 2. The molecule has 10 rings (SSSR count). The topological polar surface area (TPSA) is 90.8 Å². The normalized spacial score (nSPS) is 23.4. The zero-order valence-electron chi connectivity index (χ0n) is 32.3. The van der Waals surface area contributed by atoms with Gasteiger partial charge in [-0.05, 0) is 134 Å². The minimum atomic E-state index is -0.986. The van der Waals surface area contributed by atoms with Crippen LogP contribution < -0.4 is 20.7 Å². The molecule has 1 N–H and O–H groups in total. The quantitative estimate of drug-likeness (QED) is 0.206.